The maximum atomic E-state index is 14.0. The molecule has 1 aliphatic heterocycles. The Bertz CT molecular complexity index is 602. The van der Waals surface area contributed by atoms with Gasteiger partial charge in [0, 0.05) is 12.3 Å². The summed E-state index contributed by atoms with van der Waals surface area (Å²) in [7, 11) is -2.43. The largest absolute Gasteiger partial charge is 0.321 e. The van der Waals surface area contributed by atoms with Crippen LogP contribution in [0.1, 0.15) is 30.9 Å². The van der Waals surface area contributed by atoms with Crippen LogP contribution in [-0.2, 0) is 16.9 Å². The summed E-state index contributed by atoms with van der Waals surface area (Å²) in [6, 6.07) is 20.5. The Labute approximate surface area is 133 Å². The maximum Gasteiger partial charge on any atom is 0.115 e. The fraction of sp³-hybridized carbons (Fsp3) is 0.368. The van der Waals surface area contributed by atoms with E-state index in [4.69, 9.17) is 0 Å². The lowest BCUT2D eigenvalue weighted by Crippen LogP contribution is -2.37. The molecule has 3 rings (SSSR count). The fourth-order valence-corrected chi connectivity index (χ4v) is 6.76. The van der Waals surface area contributed by atoms with E-state index in [1.54, 1.807) is 0 Å². The standard InChI is InChI=1S/C19H24NOP/c1-19(13-8-14-20-19)22(21,15-17-9-4-2-5-10-17)16-18-11-6-3-7-12-18/h2-7,9-12,20H,8,13-16H2,1H3. The van der Waals surface area contributed by atoms with Gasteiger partial charge >= 0.3 is 0 Å². The summed E-state index contributed by atoms with van der Waals surface area (Å²) in [4.78, 5) is 0. The van der Waals surface area contributed by atoms with Gasteiger partial charge in [-0.2, -0.15) is 0 Å². The molecule has 3 heteroatoms. The van der Waals surface area contributed by atoms with E-state index < -0.39 is 7.14 Å². The summed E-state index contributed by atoms with van der Waals surface area (Å²) in [5.41, 5.74) is 2.35. The van der Waals surface area contributed by atoms with E-state index in [0.29, 0.717) is 12.3 Å². The van der Waals surface area contributed by atoms with Gasteiger partial charge in [0.2, 0.25) is 0 Å². The van der Waals surface area contributed by atoms with Gasteiger partial charge in [0.1, 0.15) is 7.14 Å². The highest BCUT2D eigenvalue weighted by Gasteiger charge is 2.45. The Morgan fingerprint density at radius 3 is 1.86 bits per heavy atom. The van der Waals surface area contributed by atoms with Crippen molar-refractivity contribution < 1.29 is 4.57 Å². The summed E-state index contributed by atoms with van der Waals surface area (Å²) < 4.78 is 14.0. The molecular formula is C19H24NOP. The Kier molecular flexibility index (Phi) is 4.52. The van der Waals surface area contributed by atoms with Crippen molar-refractivity contribution in [2.45, 2.75) is 37.4 Å². The van der Waals surface area contributed by atoms with E-state index in [0.717, 1.165) is 19.4 Å². The quantitative estimate of drug-likeness (QED) is 0.800. The van der Waals surface area contributed by atoms with Gasteiger partial charge in [-0.1, -0.05) is 60.7 Å². The highest BCUT2D eigenvalue weighted by Crippen LogP contribution is 2.64. The SMILES string of the molecule is CC1(P(=O)(Cc2ccccc2)Cc2ccccc2)CCCN1. The van der Waals surface area contributed by atoms with E-state index in [1.807, 2.05) is 36.4 Å². The first-order valence-corrected chi connectivity index (χ1v) is 10.1. The average Bonchev–Trinajstić information content (AvgIpc) is 2.98. The molecule has 0 aliphatic carbocycles. The van der Waals surface area contributed by atoms with Gasteiger partial charge in [0.05, 0.1) is 5.28 Å². The topological polar surface area (TPSA) is 29.1 Å². The number of rotatable bonds is 5. The van der Waals surface area contributed by atoms with Crippen LogP contribution in [0.4, 0.5) is 0 Å². The van der Waals surface area contributed by atoms with Crippen molar-refractivity contribution in [3.8, 4) is 0 Å². The lowest BCUT2D eigenvalue weighted by atomic mass is 10.2. The molecular weight excluding hydrogens is 289 g/mol. The third kappa shape index (κ3) is 3.19. The molecule has 1 aliphatic rings. The number of hydrogen-bond donors (Lipinski definition) is 1. The van der Waals surface area contributed by atoms with Crippen LogP contribution >= 0.6 is 7.14 Å². The van der Waals surface area contributed by atoms with Crippen LogP contribution in [0.25, 0.3) is 0 Å². The molecule has 1 unspecified atom stereocenters. The van der Waals surface area contributed by atoms with Crippen molar-refractivity contribution in [3.63, 3.8) is 0 Å². The van der Waals surface area contributed by atoms with Crippen molar-refractivity contribution in [2.24, 2.45) is 0 Å². The van der Waals surface area contributed by atoms with Crippen molar-refractivity contribution in [2.75, 3.05) is 6.54 Å². The van der Waals surface area contributed by atoms with Crippen molar-refractivity contribution >= 4 is 7.14 Å². The summed E-state index contributed by atoms with van der Waals surface area (Å²) in [6.45, 7) is 3.14. The molecule has 1 N–H and O–H groups in total. The van der Waals surface area contributed by atoms with Crippen LogP contribution in [0.3, 0.4) is 0 Å². The highest BCUT2D eigenvalue weighted by atomic mass is 31.2. The molecule has 0 amide bonds. The predicted molar refractivity (Wildman–Crippen MR) is 93.5 cm³/mol. The third-order valence-electron chi connectivity index (χ3n) is 4.81. The molecule has 0 bridgehead atoms. The molecule has 0 saturated carbocycles. The van der Waals surface area contributed by atoms with Crippen molar-refractivity contribution in [3.05, 3.63) is 71.8 Å². The zero-order valence-electron chi connectivity index (χ0n) is 13.2. The monoisotopic (exact) mass is 313 g/mol. The Hall–Kier alpha value is -1.37. The van der Waals surface area contributed by atoms with Gasteiger partial charge in [-0.3, -0.25) is 0 Å². The van der Waals surface area contributed by atoms with E-state index >= 15 is 0 Å². The van der Waals surface area contributed by atoms with Gasteiger partial charge < -0.3 is 9.88 Å². The van der Waals surface area contributed by atoms with Crippen LogP contribution in [0.5, 0.6) is 0 Å². The van der Waals surface area contributed by atoms with Gasteiger partial charge in [0.15, 0.2) is 0 Å². The molecule has 116 valence electrons. The summed E-state index contributed by atoms with van der Waals surface area (Å²) in [6.07, 6.45) is 3.46. The fourth-order valence-electron chi connectivity index (χ4n) is 3.39. The predicted octanol–water partition coefficient (Wildman–Crippen LogP) is 4.85. The Morgan fingerprint density at radius 2 is 1.45 bits per heavy atom. The third-order valence-corrected chi connectivity index (χ3v) is 8.74. The molecule has 0 spiro atoms. The Balaban J connectivity index is 1.93. The molecule has 2 aromatic carbocycles. The molecule has 0 radical (unpaired) electrons. The van der Waals surface area contributed by atoms with Crippen LogP contribution < -0.4 is 5.32 Å². The lowest BCUT2D eigenvalue weighted by Gasteiger charge is -2.35. The van der Waals surface area contributed by atoms with Crippen LogP contribution in [-0.4, -0.2) is 11.8 Å². The van der Waals surface area contributed by atoms with E-state index in [-0.39, 0.29) is 5.28 Å². The minimum atomic E-state index is -2.43. The minimum Gasteiger partial charge on any atom is -0.321 e. The summed E-state index contributed by atoms with van der Waals surface area (Å²) in [5, 5.41) is 3.31. The second-order valence-corrected chi connectivity index (χ2v) is 9.88. The smallest absolute Gasteiger partial charge is 0.115 e. The minimum absolute atomic E-state index is 0.237. The first kappa shape index (κ1) is 15.5. The second kappa shape index (κ2) is 6.40. The highest BCUT2D eigenvalue weighted by molar-refractivity contribution is 7.63. The Morgan fingerprint density at radius 1 is 0.955 bits per heavy atom. The van der Waals surface area contributed by atoms with Crippen molar-refractivity contribution in [1.82, 2.24) is 5.32 Å². The molecule has 1 saturated heterocycles. The molecule has 2 aromatic rings. The van der Waals surface area contributed by atoms with E-state index in [1.165, 1.54) is 11.1 Å². The molecule has 1 fully saturated rings. The molecule has 1 atom stereocenters. The van der Waals surface area contributed by atoms with E-state index in [9.17, 15) is 4.57 Å². The lowest BCUT2D eigenvalue weighted by molar-refractivity contribution is 0.499. The van der Waals surface area contributed by atoms with Gasteiger partial charge in [-0.15, -0.1) is 0 Å². The van der Waals surface area contributed by atoms with Gasteiger partial charge in [0.25, 0.3) is 0 Å². The number of benzene rings is 2. The average molecular weight is 313 g/mol. The summed E-state index contributed by atoms with van der Waals surface area (Å²) >= 11 is 0. The zero-order valence-corrected chi connectivity index (χ0v) is 14.1. The van der Waals surface area contributed by atoms with Gasteiger partial charge in [-0.05, 0) is 37.4 Å². The van der Waals surface area contributed by atoms with Crippen molar-refractivity contribution in [1.29, 1.82) is 0 Å². The number of nitrogens with one attached hydrogen (secondary N) is 1. The summed E-state index contributed by atoms with van der Waals surface area (Å²) in [5.74, 6) is 0. The van der Waals surface area contributed by atoms with Crippen LogP contribution in [0.2, 0.25) is 0 Å². The number of hydrogen-bond acceptors (Lipinski definition) is 2. The molecule has 22 heavy (non-hydrogen) atoms. The van der Waals surface area contributed by atoms with E-state index in [2.05, 4.69) is 36.5 Å². The molecule has 0 aromatic heterocycles. The van der Waals surface area contributed by atoms with Crippen LogP contribution in [0.15, 0.2) is 60.7 Å². The maximum absolute atomic E-state index is 14.0. The molecule has 2 nitrogen and oxygen atoms in total. The first-order valence-electron chi connectivity index (χ1n) is 8.02. The zero-order chi connectivity index (χ0) is 15.5. The first-order chi connectivity index (χ1) is 10.6. The normalized spacial score (nSPS) is 21.9. The van der Waals surface area contributed by atoms with Crippen LogP contribution in [0, 0.1) is 0 Å². The van der Waals surface area contributed by atoms with Gasteiger partial charge in [-0.25, -0.2) is 0 Å². The second-order valence-electron chi connectivity index (χ2n) is 6.48. The molecule has 1 heterocycles.